The normalized spacial score (nSPS) is 10.2. The Morgan fingerprint density at radius 1 is 0.750 bits per heavy atom. The molecule has 0 spiro atoms. The molecular formula is C25H28N2O4S. The summed E-state index contributed by atoms with van der Waals surface area (Å²) in [6.45, 7) is 1.17. The van der Waals surface area contributed by atoms with Crippen LogP contribution in [0.1, 0.15) is 11.1 Å². The van der Waals surface area contributed by atoms with Crippen LogP contribution in [0.3, 0.4) is 0 Å². The summed E-state index contributed by atoms with van der Waals surface area (Å²) in [5.41, 5.74) is 2.90. The number of methoxy groups -OCH3 is 4. The average molecular weight is 453 g/mol. The predicted octanol–water partition coefficient (Wildman–Crippen LogP) is 5.12. The molecule has 0 atom stereocenters. The largest absolute Gasteiger partial charge is 0.497 e. The lowest BCUT2D eigenvalue weighted by Gasteiger charge is -2.27. The summed E-state index contributed by atoms with van der Waals surface area (Å²) >= 11 is 5.82. The topological polar surface area (TPSA) is 52.2 Å². The van der Waals surface area contributed by atoms with Crippen LogP contribution in [0.2, 0.25) is 0 Å². The minimum Gasteiger partial charge on any atom is -0.497 e. The Hall–Kier alpha value is -3.45. The number of anilines is 1. The number of benzene rings is 3. The highest BCUT2D eigenvalue weighted by Gasteiger charge is 2.16. The fourth-order valence-electron chi connectivity index (χ4n) is 3.29. The Labute approximate surface area is 194 Å². The van der Waals surface area contributed by atoms with Crippen LogP contribution < -0.4 is 24.3 Å². The van der Waals surface area contributed by atoms with Gasteiger partial charge in [-0.1, -0.05) is 30.3 Å². The minimum atomic E-state index is 0.565. The van der Waals surface area contributed by atoms with E-state index in [1.807, 2.05) is 66.7 Å². The maximum Gasteiger partial charge on any atom is 0.174 e. The SMILES string of the molecule is COc1ccc(CN(Cc2ccccc2OC)C(=S)Nc2ccc(OC)cc2OC)cc1. The monoisotopic (exact) mass is 452 g/mol. The van der Waals surface area contributed by atoms with Crippen molar-refractivity contribution in [3.05, 3.63) is 77.9 Å². The van der Waals surface area contributed by atoms with Crippen LogP contribution in [0, 0.1) is 0 Å². The molecule has 0 aliphatic heterocycles. The third kappa shape index (κ3) is 5.82. The molecule has 0 fully saturated rings. The lowest BCUT2D eigenvalue weighted by Crippen LogP contribution is -2.34. The zero-order valence-electron chi connectivity index (χ0n) is 18.8. The summed E-state index contributed by atoms with van der Waals surface area (Å²) in [5.74, 6) is 2.99. The van der Waals surface area contributed by atoms with Gasteiger partial charge in [-0.3, -0.25) is 0 Å². The van der Waals surface area contributed by atoms with Crippen molar-refractivity contribution < 1.29 is 18.9 Å². The first kappa shape index (κ1) is 23.2. The van der Waals surface area contributed by atoms with E-state index in [1.165, 1.54) is 0 Å². The van der Waals surface area contributed by atoms with Gasteiger partial charge in [0.15, 0.2) is 5.11 Å². The first-order chi connectivity index (χ1) is 15.6. The van der Waals surface area contributed by atoms with Crippen molar-refractivity contribution in [3.8, 4) is 23.0 Å². The van der Waals surface area contributed by atoms with E-state index in [0.717, 1.165) is 28.3 Å². The smallest absolute Gasteiger partial charge is 0.174 e. The summed E-state index contributed by atoms with van der Waals surface area (Å²) in [4.78, 5) is 2.08. The van der Waals surface area contributed by atoms with Gasteiger partial charge in [0.1, 0.15) is 23.0 Å². The molecule has 3 aromatic rings. The van der Waals surface area contributed by atoms with Gasteiger partial charge in [0.25, 0.3) is 0 Å². The van der Waals surface area contributed by atoms with E-state index in [1.54, 1.807) is 28.4 Å². The zero-order valence-corrected chi connectivity index (χ0v) is 19.6. The molecule has 7 heteroatoms. The fourth-order valence-corrected chi connectivity index (χ4v) is 3.53. The lowest BCUT2D eigenvalue weighted by molar-refractivity contribution is 0.377. The Morgan fingerprint density at radius 2 is 1.41 bits per heavy atom. The molecule has 0 aliphatic carbocycles. The predicted molar refractivity (Wildman–Crippen MR) is 131 cm³/mol. The lowest BCUT2D eigenvalue weighted by atomic mass is 10.1. The van der Waals surface area contributed by atoms with Crippen molar-refractivity contribution in [1.29, 1.82) is 0 Å². The number of nitrogens with zero attached hydrogens (tertiary/aromatic N) is 1. The Kier molecular flexibility index (Phi) is 8.16. The van der Waals surface area contributed by atoms with E-state index in [-0.39, 0.29) is 0 Å². The maximum atomic E-state index is 5.82. The molecule has 0 bridgehead atoms. The van der Waals surface area contributed by atoms with Gasteiger partial charge in [0.2, 0.25) is 0 Å². The van der Waals surface area contributed by atoms with Crippen LogP contribution in [0.15, 0.2) is 66.7 Å². The van der Waals surface area contributed by atoms with Crippen LogP contribution in [0.25, 0.3) is 0 Å². The van der Waals surface area contributed by atoms with Crippen LogP contribution in [-0.4, -0.2) is 38.5 Å². The van der Waals surface area contributed by atoms with E-state index < -0.39 is 0 Å². The standard InChI is InChI=1S/C25H28N2O4S/c1-28-20-11-9-18(10-12-20)16-27(17-19-7-5-6-8-23(19)30-3)25(32)26-22-14-13-21(29-2)15-24(22)31-4/h5-15H,16-17H2,1-4H3,(H,26,32). The van der Waals surface area contributed by atoms with Crippen molar-refractivity contribution in [2.75, 3.05) is 33.8 Å². The summed E-state index contributed by atoms with van der Waals surface area (Å²) in [6, 6.07) is 21.5. The van der Waals surface area contributed by atoms with Gasteiger partial charge in [-0.15, -0.1) is 0 Å². The second kappa shape index (κ2) is 11.2. The number of para-hydroxylation sites is 1. The molecule has 0 aromatic heterocycles. The first-order valence-electron chi connectivity index (χ1n) is 10.1. The highest BCUT2D eigenvalue weighted by molar-refractivity contribution is 7.80. The molecule has 1 N–H and O–H groups in total. The molecule has 3 aromatic carbocycles. The number of ether oxygens (including phenoxy) is 4. The summed E-state index contributed by atoms with van der Waals surface area (Å²) < 4.78 is 21.6. The fraction of sp³-hybridized carbons (Fsp3) is 0.240. The molecular weight excluding hydrogens is 424 g/mol. The van der Waals surface area contributed by atoms with Gasteiger partial charge in [-0.2, -0.15) is 0 Å². The average Bonchev–Trinajstić information content (AvgIpc) is 2.84. The van der Waals surface area contributed by atoms with Gasteiger partial charge in [0.05, 0.1) is 34.1 Å². The molecule has 0 saturated carbocycles. The number of thiocarbonyl (C=S) groups is 1. The van der Waals surface area contributed by atoms with Crippen molar-refractivity contribution in [2.24, 2.45) is 0 Å². The first-order valence-corrected chi connectivity index (χ1v) is 10.5. The van der Waals surface area contributed by atoms with Crippen LogP contribution in [-0.2, 0) is 13.1 Å². The molecule has 6 nitrogen and oxygen atoms in total. The van der Waals surface area contributed by atoms with Gasteiger partial charge in [-0.25, -0.2) is 0 Å². The quantitative estimate of drug-likeness (QED) is 0.452. The Bertz CT molecular complexity index is 1040. The van der Waals surface area contributed by atoms with Crippen molar-refractivity contribution in [1.82, 2.24) is 4.90 Å². The highest BCUT2D eigenvalue weighted by atomic mass is 32.1. The van der Waals surface area contributed by atoms with Gasteiger partial charge in [0, 0.05) is 24.7 Å². The molecule has 0 amide bonds. The number of hydrogen-bond acceptors (Lipinski definition) is 5. The second-order valence-corrected chi connectivity index (χ2v) is 7.40. The number of hydrogen-bond donors (Lipinski definition) is 1. The summed E-state index contributed by atoms with van der Waals surface area (Å²) in [6.07, 6.45) is 0. The molecule has 3 rings (SSSR count). The minimum absolute atomic E-state index is 0.565. The molecule has 0 heterocycles. The third-order valence-corrected chi connectivity index (χ3v) is 5.38. The number of rotatable bonds is 9. The summed E-state index contributed by atoms with van der Waals surface area (Å²) in [7, 11) is 6.57. The van der Waals surface area contributed by atoms with Gasteiger partial charge < -0.3 is 29.2 Å². The maximum absolute atomic E-state index is 5.82. The molecule has 0 radical (unpaired) electrons. The molecule has 0 saturated heterocycles. The third-order valence-electron chi connectivity index (χ3n) is 5.02. The van der Waals surface area contributed by atoms with Crippen LogP contribution >= 0.6 is 12.2 Å². The van der Waals surface area contributed by atoms with Crippen LogP contribution in [0.4, 0.5) is 5.69 Å². The van der Waals surface area contributed by atoms with Crippen molar-refractivity contribution in [2.45, 2.75) is 13.1 Å². The Morgan fingerprint density at radius 3 is 2.06 bits per heavy atom. The highest BCUT2D eigenvalue weighted by Crippen LogP contribution is 2.30. The second-order valence-electron chi connectivity index (χ2n) is 7.01. The zero-order chi connectivity index (χ0) is 22.9. The molecule has 0 aliphatic rings. The Balaban J connectivity index is 1.87. The van der Waals surface area contributed by atoms with E-state index in [9.17, 15) is 0 Å². The van der Waals surface area contributed by atoms with E-state index >= 15 is 0 Å². The van der Waals surface area contributed by atoms with E-state index in [2.05, 4.69) is 10.2 Å². The number of nitrogens with one attached hydrogen (secondary N) is 1. The van der Waals surface area contributed by atoms with Gasteiger partial charge in [-0.05, 0) is 48.1 Å². The van der Waals surface area contributed by atoms with Gasteiger partial charge >= 0.3 is 0 Å². The summed E-state index contributed by atoms with van der Waals surface area (Å²) in [5, 5.41) is 3.89. The molecule has 32 heavy (non-hydrogen) atoms. The van der Waals surface area contributed by atoms with Crippen molar-refractivity contribution >= 4 is 23.0 Å². The van der Waals surface area contributed by atoms with Crippen LogP contribution in [0.5, 0.6) is 23.0 Å². The van der Waals surface area contributed by atoms with E-state index in [4.69, 9.17) is 31.2 Å². The molecule has 168 valence electrons. The van der Waals surface area contributed by atoms with Crippen molar-refractivity contribution in [3.63, 3.8) is 0 Å². The van der Waals surface area contributed by atoms with E-state index in [0.29, 0.717) is 29.7 Å². The molecule has 0 unspecified atom stereocenters.